The van der Waals surface area contributed by atoms with Gasteiger partial charge in [0.1, 0.15) is 23.7 Å². The Morgan fingerprint density at radius 2 is 1.95 bits per heavy atom. The van der Waals surface area contributed by atoms with Crippen molar-refractivity contribution in [1.29, 1.82) is 0 Å². The van der Waals surface area contributed by atoms with Gasteiger partial charge in [-0.1, -0.05) is 12.5 Å². The fraction of sp³-hybridized carbons (Fsp3) is 0.586. The molecule has 6 rings (SSSR count). The van der Waals surface area contributed by atoms with Gasteiger partial charge in [0.05, 0.1) is 13.0 Å². The summed E-state index contributed by atoms with van der Waals surface area (Å²) in [6.45, 7) is 1.02. The Balaban J connectivity index is 1.24. The number of aromatic nitrogens is 1. The quantitative estimate of drug-likeness (QED) is 0.317. The summed E-state index contributed by atoms with van der Waals surface area (Å²) in [4.78, 5) is 57.7. The van der Waals surface area contributed by atoms with E-state index in [4.69, 9.17) is 4.74 Å². The van der Waals surface area contributed by atoms with Gasteiger partial charge in [-0.25, -0.2) is 0 Å². The maximum Gasteiger partial charge on any atom is 0.271 e. The third kappa shape index (κ3) is 5.02. The molecule has 11 nitrogen and oxygen atoms in total. The number of hydrogen-bond acceptors (Lipinski definition) is 6. The molecule has 0 bridgehead atoms. The first kappa shape index (κ1) is 26.6. The molecule has 1 unspecified atom stereocenters. The van der Waals surface area contributed by atoms with Gasteiger partial charge < -0.3 is 35.7 Å². The third-order valence-corrected chi connectivity index (χ3v) is 9.13. The molecular weight excluding hydrogens is 514 g/mol. The number of benzene rings is 1. The standard InChI is InChI=1S/C29H37N5O6/c1-40-23-7-3-6-21-19(23)13-22(32-21)29(39)34-14-16-4-2-5-18(16)25(34)33-27(37)20(12-15-10-11-30-26(15)36)24(35)28(38)31-17-8-9-17/h3,6-7,13,15-18,20,24-25,32,35H,2,4-5,8-12,14H2,1H3,(H,30,36)(H,31,38)(H,33,37)/t15-,16+,18+,20+,24?,25+/m1/s1. The number of H-pyrrole nitrogens is 1. The molecule has 3 heterocycles. The lowest BCUT2D eigenvalue weighted by Gasteiger charge is -2.31. The fourth-order valence-electron chi connectivity index (χ4n) is 6.78. The summed E-state index contributed by atoms with van der Waals surface area (Å²) in [6.07, 6.45) is 3.02. The highest BCUT2D eigenvalue weighted by atomic mass is 16.5. The zero-order chi connectivity index (χ0) is 28.0. The van der Waals surface area contributed by atoms with E-state index >= 15 is 0 Å². The molecular formula is C29H37N5O6. The predicted molar refractivity (Wildman–Crippen MR) is 145 cm³/mol. The Kier molecular flexibility index (Phi) is 7.16. The molecule has 0 radical (unpaired) electrons. The monoisotopic (exact) mass is 551 g/mol. The summed E-state index contributed by atoms with van der Waals surface area (Å²) >= 11 is 0. The molecule has 2 aliphatic carbocycles. The number of rotatable bonds is 9. The molecule has 5 N–H and O–H groups in total. The predicted octanol–water partition coefficient (Wildman–Crippen LogP) is 1.27. The number of carbonyl (C=O) groups excluding carboxylic acids is 4. The minimum Gasteiger partial charge on any atom is -0.496 e. The van der Waals surface area contributed by atoms with E-state index in [0.29, 0.717) is 31.0 Å². The Bertz CT molecular complexity index is 1320. The van der Waals surface area contributed by atoms with Crippen molar-refractivity contribution >= 4 is 34.5 Å². The summed E-state index contributed by atoms with van der Waals surface area (Å²) in [5.41, 5.74) is 1.18. The van der Waals surface area contributed by atoms with Crippen molar-refractivity contribution in [2.45, 2.75) is 63.3 Å². The van der Waals surface area contributed by atoms with Crippen LogP contribution in [-0.4, -0.2) is 77.1 Å². The molecule has 1 aromatic heterocycles. The average molecular weight is 552 g/mol. The number of likely N-dealkylation sites (tertiary alicyclic amines) is 1. The maximum atomic E-state index is 13.8. The lowest BCUT2D eigenvalue weighted by Crippen LogP contribution is -2.54. The maximum absolute atomic E-state index is 13.8. The van der Waals surface area contributed by atoms with Gasteiger partial charge in [-0.05, 0) is 62.6 Å². The first-order chi connectivity index (χ1) is 19.3. The molecule has 1 aromatic carbocycles. The molecule has 11 heteroatoms. The van der Waals surface area contributed by atoms with Gasteiger partial charge in [-0.15, -0.1) is 0 Å². The first-order valence-electron chi connectivity index (χ1n) is 14.4. The van der Waals surface area contributed by atoms with Crippen molar-refractivity contribution in [3.05, 3.63) is 30.0 Å². The van der Waals surface area contributed by atoms with E-state index in [1.165, 1.54) is 0 Å². The number of nitrogens with zero attached hydrogens (tertiary/aromatic N) is 1. The first-order valence-corrected chi connectivity index (χ1v) is 14.4. The van der Waals surface area contributed by atoms with Crippen LogP contribution in [0.2, 0.25) is 0 Å². The van der Waals surface area contributed by atoms with Crippen LogP contribution in [0.1, 0.15) is 55.4 Å². The van der Waals surface area contributed by atoms with Gasteiger partial charge in [0, 0.05) is 41.9 Å². The van der Waals surface area contributed by atoms with Gasteiger partial charge in [-0.2, -0.15) is 0 Å². The second-order valence-corrected chi connectivity index (χ2v) is 11.7. The van der Waals surface area contributed by atoms with Crippen LogP contribution in [-0.2, 0) is 14.4 Å². The number of fused-ring (bicyclic) bond motifs is 2. The Morgan fingerprint density at radius 1 is 1.12 bits per heavy atom. The topological polar surface area (TPSA) is 153 Å². The number of amides is 4. The molecule has 214 valence electrons. The highest BCUT2D eigenvalue weighted by Crippen LogP contribution is 2.42. The SMILES string of the molecule is COc1cccc2[nH]c(C(=O)N3C[C@@H]4CCC[C@@H]4[C@H]3NC(=O)[C@@H](C[C@H]3CCNC3=O)C(O)C(=O)NC3CC3)cc12. The largest absolute Gasteiger partial charge is 0.496 e. The van der Waals surface area contributed by atoms with Crippen molar-refractivity contribution in [2.75, 3.05) is 20.2 Å². The number of ether oxygens (including phenoxy) is 1. The van der Waals surface area contributed by atoms with Crippen LogP contribution >= 0.6 is 0 Å². The molecule has 2 saturated heterocycles. The molecule has 4 amide bonds. The average Bonchev–Trinajstić information content (AvgIpc) is 3.30. The van der Waals surface area contributed by atoms with Crippen LogP contribution in [0, 0.1) is 23.7 Å². The van der Waals surface area contributed by atoms with Crippen LogP contribution in [0.5, 0.6) is 5.75 Å². The minimum absolute atomic E-state index is 0.0257. The van der Waals surface area contributed by atoms with Crippen molar-refractivity contribution < 1.29 is 29.0 Å². The summed E-state index contributed by atoms with van der Waals surface area (Å²) in [6, 6.07) is 7.37. The van der Waals surface area contributed by atoms with E-state index in [0.717, 1.165) is 43.0 Å². The lowest BCUT2D eigenvalue weighted by atomic mass is 9.87. The van der Waals surface area contributed by atoms with Gasteiger partial charge in [-0.3, -0.25) is 19.2 Å². The zero-order valence-corrected chi connectivity index (χ0v) is 22.7. The smallest absolute Gasteiger partial charge is 0.271 e. The van der Waals surface area contributed by atoms with Gasteiger partial charge in [0.15, 0.2) is 0 Å². The number of aromatic amines is 1. The van der Waals surface area contributed by atoms with E-state index < -0.39 is 35.9 Å². The van der Waals surface area contributed by atoms with Crippen molar-refractivity contribution in [1.82, 2.24) is 25.8 Å². The Hall–Kier alpha value is -3.60. The summed E-state index contributed by atoms with van der Waals surface area (Å²) in [5.74, 6) is -2.06. The van der Waals surface area contributed by atoms with E-state index in [1.807, 2.05) is 18.2 Å². The normalized spacial score (nSPS) is 27.2. The number of aliphatic hydroxyl groups is 1. The molecule has 6 atom stereocenters. The number of carbonyl (C=O) groups is 4. The van der Waals surface area contributed by atoms with Crippen molar-refractivity contribution in [3.8, 4) is 5.75 Å². The summed E-state index contributed by atoms with van der Waals surface area (Å²) in [5, 5.41) is 20.4. The van der Waals surface area contributed by atoms with Crippen LogP contribution in [0.25, 0.3) is 10.9 Å². The molecule has 2 saturated carbocycles. The highest BCUT2D eigenvalue weighted by Gasteiger charge is 2.48. The van der Waals surface area contributed by atoms with Crippen LogP contribution in [0.15, 0.2) is 24.3 Å². The van der Waals surface area contributed by atoms with Crippen molar-refractivity contribution in [2.24, 2.45) is 23.7 Å². The minimum atomic E-state index is -1.58. The highest BCUT2D eigenvalue weighted by molar-refractivity contribution is 6.00. The van der Waals surface area contributed by atoms with Crippen LogP contribution in [0.4, 0.5) is 0 Å². The number of hydrogen-bond donors (Lipinski definition) is 5. The van der Waals surface area contributed by atoms with Crippen LogP contribution < -0.4 is 20.7 Å². The fourth-order valence-corrected chi connectivity index (χ4v) is 6.78. The molecule has 4 fully saturated rings. The summed E-state index contributed by atoms with van der Waals surface area (Å²) in [7, 11) is 1.58. The molecule has 0 spiro atoms. The second-order valence-electron chi connectivity index (χ2n) is 11.7. The zero-order valence-electron chi connectivity index (χ0n) is 22.7. The van der Waals surface area contributed by atoms with Crippen LogP contribution in [0.3, 0.4) is 0 Å². The number of methoxy groups -OCH3 is 1. The van der Waals surface area contributed by atoms with Gasteiger partial charge in [0.2, 0.25) is 17.7 Å². The van der Waals surface area contributed by atoms with E-state index in [1.54, 1.807) is 18.1 Å². The molecule has 4 aliphatic rings. The molecule has 2 aromatic rings. The molecule has 2 aliphatic heterocycles. The Labute approximate surface area is 232 Å². The number of aliphatic hydroxyl groups excluding tert-OH is 1. The summed E-state index contributed by atoms with van der Waals surface area (Å²) < 4.78 is 5.45. The number of nitrogens with one attached hydrogen (secondary N) is 4. The van der Waals surface area contributed by atoms with Gasteiger partial charge in [0.25, 0.3) is 5.91 Å². The third-order valence-electron chi connectivity index (χ3n) is 9.13. The van der Waals surface area contributed by atoms with Crippen molar-refractivity contribution in [3.63, 3.8) is 0 Å². The Morgan fingerprint density at radius 3 is 2.67 bits per heavy atom. The van der Waals surface area contributed by atoms with E-state index in [2.05, 4.69) is 20.9 Å². The lowest BCUT2D eigenvalue weighted by molar-refractivity contribution is -0.142. The van der Waals surface area contributed by atoms with E-state index in [-0.39, 0.29) is 36.1 Å². The van der Waals surface area contributed by atoms with E-state index in [9.17, 15) is 24.3 Å². The molecule has 40 heavy (non-hydrogen) atoms. The van der Waals surface area contributed by atoms with Gasteiger partial charge >= 0.3 is 0 Å². The second kappa shape index (κ2) is 10.8.